The maximum absolute atomic E-state index is 11.3. The van der Waals surface area contributed by atoms with E-state index in [-0.39, 0.29) is 5.41 Å². The first-order valence-electron chi connectivity index (χ1n) is 15.9. The number of nitrogens with one attached hydrogen (secondary N) is 1. The van der Waals surface area contributed by atoms with E-state index in [1.165, 1.54) is 81.0 Å². The molecule has 2 N–H and O–H groups in total. The van der Waals surface area contributed by atoms with Crippen LogP contribution in [-0.2, 0) is 17.6 Å². The molecule has 3 rings (SSSR count). The average molecular weight is 551 g/mol. The Bertz CT molecular complexity index is 954. The molecule has 0 spiro atoms. The molecule has 2 aromatic rings. The fourth-order valence-electron chi connectivity index (χ4n) is 5.89. The van der Waals surface area contributed by atoms with Crippen LogP contribution in [0.1, 0.15) is 106 Å². The Balaban J connectivity index is 1.46. The first kappa shape index (κ1) is 32.1. The molecule has 0 aromatic heterocycles. The highest BCUT2D eigenvalue weighted by Crippen LogP contribution is 2.32. The van der Waals surface area contributed by atoms with E-state index < -0.39 is 5.97 Å². The van der Waals surface area contributed by atoms with Crippen LogP contribution in [0.5, 0.6) is 0 Å². The molecule has 0 aliphatic carbocycles. The van der Waals surface area contributed by atoms with Crippen LogP contribution in [0.15, 0.2) is 48.5 Å². The smallest absolute Gasteiger partial charge is 0.335 e. The maximum Gasteiger partial charge on any atom is 0.335 e. The number of morpholine rings is 1. The van der Waals surface area contributed by atoms with Crippen molar-refractivity contribution in [2.75, 3.05) is 44.3 Å². The molecule has 1 aliphatic rings. The lowest BCUT2D eigenvalue weighted by molar-refractivity contribution is 0.0697. The van der Waals surface area contributed by atoms with Crippen molar-refractivity contribution in [1.29, 1.82) is 0 Å². The summed E-state index contributed by atoms with van der Waals surface area (Å²) in [5.41, 5.74) is 4.26. The number of hydrogen-bond donors (Lipinski definition) is 2. The molecule has 1 unspecified atom stereocenters. The Morgan fingerprint density at radius 3 is 1.88 bits per heavy atom. The third-order valence-corrected chi connectivity index (χ3v) is 8.39. The molecule has 1 aliphatic heterocycles. The summed E-state index contributed by atoms with van der Waals surface area (Å²) in [6.07, 6.45) is 16.7. The number of ether oxygens (including phenoxy) is 1. The van der Waals surface area contributed by atoms with Crippen molar-refractivity contribution >= 4 is 11.7 Å². The van der Waals surface area contributed by atoms with Gasteiger partial charge in [-0.1, -0.05) is 95.9 Å². The summed E-state index contributed by atoms with van der Waals surface area (Å²) in [5, 5.41) is 13.0. The van der Waals surface area contributed by atoms with Crippen molar-refractivity contribution in [3.8, 4) is 0 Å². The summed E-state index contributed by atoms with van der Waals surface area (Å²) in [6.45, 7) is 10.3. The lowest BCUT2D eigenvalue weighted by atomic mass is 9.75. The average Bonchev–Trinajstić information content (AvgIpc) is 2.96. The van der Waals surface area contributed by atoms with Crippen molar-refractivity contribution in [2.45, 2.75) is 97.3 Å². The van der Waals surface area contributed by atoms with E-state index in [2.05, 4.69) is 48.3 Å². The monoisotopic (exact) mass is 550 g/mol. The number of hydrogen-bond acceptors (Lipinski definition) is 4. The molecule has 0 saturated carbocycles. The number of nitrogens with zero attached hydrogens (tertiary/aromatic N) is 1. The second-order valence-corrected chi connectivity index (χ2v) is 12.1. The van der Waals surface area contributed by atoms with E-state index in [1.807, 2.05) is 12.1 Å². The second-order valence-electron chi connectivity index (χ2n) is 12.1. The molecule has 222 valence electrons. The maximum atomic E-state index is 11.3. The van der Waals surface area contributed by atoms with Crippen molar-refractivity contribution < 1.29 is 14.6 Å². The summed E-state index contributed by atoms with van der Waals surface area (Å²) in [4.78, 5) is 13.7. The molecule has 0 amide bonds. The number of benzene rings is 2. The van der Waals surface area contributed by atoms with Crippen LogP contribution >= 0.6 is 0 Å². The van der Waals surface area contributed by atoms with Gasteiger partial charge in [-0.05, 0) is 79.6 Å². The van der Waals surface area contributed by atoms with Gasteiger partial charge in [0, 0.05) is 18.8 Å². The van der Waals surface area contributed by atoms with Crippen molar-refractivity contribution in [2.24, 2.45) is 5.41 Å². The normalized spacial score (nSPS) is 15.2. The summed E-state index contributed by atoms with van der Waals surface area (Å²) in [6, 6.07) is 16.5. The van der Waals surface area contributed by atoms with Gasteiger partial charge < -0.3 is 20.1 Å². The predicted molar refractivity (Wildman–Crippen MR) is 168 cm³/mol. The Kier molecular flexibility index (Phi) is 14.6. The van der Waals surface area contributed by atoms with Crippen LogP contribution in [0.2, 0.25) is 0 Å². The van der Waals surface area contributed by atoms with Gasteiger partial charge >= 0.3 is 5.97 Å². The molecule has 1 atom stereocenters. The molecule has 1 saturated heterocycles. The van der Waals surface area contributed by atoms with Crippen LogP contribution in [0.25, 0.3) is 0 Å². The van der Waals surface area contributed by atoms with Gasteiger partial charge in [0.1, 0.15) is 0 Å². The quantitative estimate of drug-likeness (QED) is 0.164. The molecule has 5 heteroatoms. The van der Waals surface area contributed by atoms with Crippen molar-refractivity contribution in [3.05, 3.63) is 65.2 Å². The number of unbranched alkanes of at least 4 members (excludes halogenated alkanes) is 9. The van der Waals surface area contributed by atoms with E-state index in [9.17, 15) is 9.90 Å². The van der Waals surface area contributed by atoms with Crippen LogP contribution < -0.4 is 10.2 Å². The van der Waals surface area contributed by atoms with Gasteiger partial charge in [-0.25, -0.2) is 4.79 Å². The lowest BCUT2D eigenvalue weighted by Crippen LogP contribution is -2.36. The summed E-state index contributed by atoms with van der Waals surface area (Å²) in [7, 11) is 0. The number of aromatic carboxylic acids is 1. The molecule has 0 radical (unpaired) electrons. The summed E-state index contributed by atoms with van der Waals surface area (Å²) < 4.78 is 5.51. The lowest BCUT2D eigenvalue weighted by Gasteiger charge is -2.31. The van der Waals surface area contributed by atoms with Gasteiger partial charge in [-0.2, -0.15) is 0 Å². The van der Waals surface area contributed by atoms with Crippen LogP contribution in [-0.4, -0.2) is 50.5 Å². The Labute approximate surface area is 243 Å². The third kappa shape index (κ3) is 12.0. The number of anilines is 1. The van der Waals surface area contributed by atoms with Gasteiger partial charge in [-0.15, -0.1) is 0 Å². The zero-order valence-corrected chi connectivity index (χ0v) is 25.3. The van der Waals surface area contributed by atoms with Crippen LogP contribution in [0.3, 0.4) is 0 Å². The summed E-state index contributed by atoms with van der Waals surface area (Å²) >= 11 is 0. The largest absolute Gasteiger partial charge is 0.478 e. The zero-order valence-electron chi connectivity index (χ0n) is 25.3. The Hall–Kier alpha value is -2.37. The topological polar surface area (TPSA) is 61.8 Å². The van der Waals surface area contributed by atoms with Gasteiger partial charge in [-0.3, -0.25) is 0 Å². The van der Waals surface area contributed by atoms with Gasteiger partial charge in [0.15, 0.2) is 0 Å². The third-order valence-electron chi connectivity index (χ3n) is 8.39. The highest BCUT2D eigenvalue weighted by molar-refractivity contribution is 5.87. The first-order valence-corrected chi connectivity index (χ1v) is 15.9. The van der Waals surface area contributed by atoms with Gasteiger partial charge in [0.25, 0.3) is 0 Å². The number of carbonyl (C=O) groups is 1. The highest BCUT2D eigenvalue weighted by Gasteiger charge is 2.25. The highest BCUT2D eigenvalue weighted by atomic mass is 16.5. The molecular formula is C35H54N2O3. The van der Waals surface area contributed by atoms with E-state index in [0.717, 1.165) is 58.7 Å². The fourth-order valence-corrected chi connectivity index (χ4v) is 5.89. The minimum absolute atomic E-state index is 0.0794. The number of carboxylic acids is 1. The Morgan fingerprint density at radius 1 is 0.800 bits per heavy atom. The van der Waals surface area contributed by atoms with E-state index in [1.54, 1.807) is 12.1 Å². The van der Waals surface area contributed by atoms with E-state index in [4.69, 9.17) is 4.74 Å². The zero-order chi connectivity index (χ0) is 28.5. The van der Waals surface area contributed by atoms with Crippen molar-refractivity contribution in [1.82, 2.24) is 5.32 Å². The molecule has 40 heavy (non-hydrogen) atoms. The van der Waals surface area contributed by atoms with Crippen LogP contribution in [0.4, 0.5) is 5.69 Å². The number of rotatable bonds is 20. The number of carboxylic acid groups (broad SMARTS) is 1. The van der Waals surface area contributed by atoms with E-state index >= 15 is 0 Å². The van der Waals surface area contributed by atoms with E-state index in [0.29, 0.717) is 5.56 Å². The minimum Gasteiger partial charge on any atom is -0.478 e. The molecule has 1 heterocycles. The first-order chi connectivity index (χ1) is 19.5. The van der Waals surface area contributed by atoms with Gasteiger partial charge in [0.05, 0.1) is 18.8 Å². The van der Waals surface area contributed by atoms with Crippen LogP contribution in [0, 0.1) is 5.41 Å². The molecule has 0 bridgehead atoms. The van der Waals surface area contributed by atoms with Gasteiger partial charge in [0.2, 0.25) is 0 Å². The molecular weight excluding hydrogens is 496 g/mol. The summed E-state index contributed by atoms with van der Waals surface area (Å²) in [5.74, 6) is -0.870. The predicted octanol–water partition coefficient (Wildman–Crippen LogP) is 7.91. The minimum atomic E-state index is -0.870. The Morgan fingerprint density at radius 2 is 1.32 bits per heavy atom. The second kappa shape index (κ2) is 18.1. The fraction of sp³-hybridized carbons (Fsp3) is 0.629. The SMILES string of the molecule is CCCCCCCCCCCCNCCC(C)(Cc1ccc(C(=O)O)cc1)Cc1ccc(N2CCOCC2)cc1. The standard InChI is InChI=1S/C35H54N2O3/c1-3-4-5-6-7-8-9-10-11-12-22-36-23-21-35(2,28-30-13-17-32(18-14-30)34(38)39)29-31-15-19-33(20-16-31)37-24-26-40-27-25-37/h13-20,36H,3-12,21-29H2,1-2H3,(H,38,39). The van der Waals surface area contributed by atoms with Crippen molar-refractivity contribution in [3.63, 3.8) is 0 Å². The molecule has 1 fully saturated rings. The molecule has 5 nitrogen and oxygen atoms in total. The molecule has 2 aromatic carbocycles.